The molecule has 0 N–H and O–H groups in total. The number of nitrogens with zero attached hydrogens (tertiary/aromatic N) is 4. The van der Waals surface area contributed by atoms with Crippen molar-refractivity contribution in [3.63, 3.8) is 0 Å². The van der Waals surface area contributed by atoms with Crippen LogP contribution in [0.4, 0.5) is 16.3 Å². The minimum atomic E-state index is -0.899. The van der Waals surface area contributed by atoms with Gasteiger partial charge in [-0.2, -0.15) is 0 Å². The van der Waals surface area contributed by atoms with Crippen molar-refractivity contribution in [2.75, 3.05) is 18.0 Å². The van der Waals surface area contributed by atoms with E-state index in [0.29, 0.717) is 31.6 Å². The number of aromatic nitrogens is 1. The smallest absolute Gasteiger partial charge is 0.411 e. The van der Waals surface area contributed by atoms with Gasteiger partial charge < -0.3 is 19.8 Å². The molecule has 1 unspecified atom stereocenters. The largest absolute Gasteiger partial charge is 0.444 e. The van der Waals surface area contributed by atoms with Crippen molar-refractivity contribution in [2.45, 2.75) is 51.2 Å². The Balaban J connectivity index is 1.82. The first-order chi connectivity index (χ1) is 12.1. The van der Waals surface area contributed by atoms with Crippen molar-refractivity contribution >= 4 is 23.5 Å². The molecular formula is C17H22N4O5. The lowest BCUT2D eigenvalue weighted by Crippen LogP contribution is -2.54. The van der Waals surface area contributed by atoms with Crippen LogP contribution in [0, 0.1) is 10.1 Å². The summed E-state index contributed by atoms with van der Waals surface area (Å²) in [5.41, 5.74) is -1.04. The molecule has 0 saturated carbocycles. The number of rotatable bonds is 2. The van der Waals surface area contributed by atoms with E-state index in [1.54, 1.807) is 30.6 Å². The second-order valence-corrected chi connectivity index (χ2v) is 7.61. The normalized spacial score (nSPS) is 23.0. The molecule has 2 amide bonds. The molecule has 3 heterocycles. The maximum Gasteiger partial charge on any atom is 0.411 e. The Hall–Kier alpha value is -2.71. The fourth-order valence-electron chi connectivity index (χ4n) is 3.59. The van der Waals surface area contributed by atoms with Gasteiger partial charge in [-0.25, -0.2) is 4.79 Å². The Morgan fingerprint density at radius 2 is 2.04 bits per heavy atom. The molecule has 1 aromatic rings. The van der Waals surface area contributed by atoms with E-state index in [9.17, 15) is 19.7 Å². The van der Waals surface area contributed by atoms with E-state index in [1.807, 2.05) is 0 Å². The molecule has 0 radical (unpaired) electrons. The second-order valence-electron chi connectivity index (χ2n) is 7.61. The van der Waals surface area contributed by atoms with Gasteiger partial charge in [-0.05, 0) is 56.0 Å². The molecule has 9 heteroatoms. The predicted molar refractivity (Wildman–Crippen MR) is 92.8 cm³/mol. The number of hydrogen-bond acceptors (Lipinski definition) is 6. The van der Waals surface area contributed by atoms with Gasteiger partial charge in [0, 0.05) is 19.2 Å². The summed E-state index contributed by atoms with van der Waals surface area (Å²) < 4.78 is 5.47. The number of pyridine rings is 1. The fourth-order valence-corrected chi connectivity index (χ4v) is 3.59. The zero-order chi connectivity index (χ0) is 19.1. The summed E-state index contributed by atoms with van der Waals surface area (Å²) in [6, 6.07) is 2.78. The Labute approximate surface area is 151 Å². The molecule has 1 spiro atoms. The van der Waals surface area contributed by atoms with Crippen LogP contribution in [0.2, 0.25) is 0 Å². The lowest BCUT2D eigenvalue weighted by Gasteiger charge is -2.34. The van der Waals surface area contributed by atoms with E-state index < -0.39 is 22.2 Å². The Morgan fingerprint density at radius 3 is 2.62 bits per heavy atom. The zero-order valence-electron chi connectivity index (χ0n) is 15.1. The van der Waals surface area contributed by atoms with Crippen LogP contribution in [-0.4, -0.2) is 51.0 Å². The van der Waals surface area contributed by atoms with Gasteiger partial charge in [0.1, 0.15) is 11.1 Å². The monoisotopic (exact) mass is 362 g/mol. The van der Waals surface area contributed by atoms with E-state index in [4.69, 9.17) is 4.74 Å². The highest BCUT2D eigenvalue weighted by molar-refractivity contribution is 6.04. The number of ether oxygens (including phenoxy) is 1. The Bertz CT molecular complexity index is 743. The summed E-state index contributed by atoms with van der Waals surface area (Å²) in [6.45, 7) is 6.28. The van der Waals surface area contributed by atoms with Crippen LogP contribution in [0.1, 0.15) is 40.0 Å². The minimum absolute atomic E-state index is 0.184. The van der Waals surface area contributed by atoms with Crippen LogP contribution in [-0.2, 0) is 9.53 Å². The third-order valence-corrected chi connectivity index (χ3v) is 4.73. The van der Waals surface area contributed by atoms with Gasteiger partial charge in [0.05, 0.1) is 5.69 Å². The third-order valence-electron chi connectivity index (χ3n) is 4.73. The minimum Gasteiger partial charge on any atom is -0.444 e. The molecule has 2 aliphatic rings. The van der Waals surface area contributed by atoms with Crippen molar-refractivity contribution in [2.24, 2.45) is 0 Å². The lowest BCUT2D eigenvalue weighted by molar-refractivity contribution is -0.389. The van der Waals surface area contributed by atoms with Crippen LogP contribution in [0.15, 0.2) is 18.3 Å². The van der Waals surface area contributed by atoms with Crippen molar-refractivity contribution in [3.05, 3.63) is 28.4 Å². The average molecular weight is 362 g/mol. The van der Waals surface area contributed by atoms with Crippen molar-refractivity contribution in [1.82, 2.24) is 9.88 Å². The highest BCUT2D eigenvalue weighted by Gasteiger charge is 2.56. The van der Waals surface area contributed by atoms with Crippen LogP contribution < -0.4 is 4.90 Å². The molecule has 0 aromatic carbocycles. The number of amides is 2. The quantitative estimate of drug-likeness (QED) is 0.591. The number of nitro groups is 1. The molecule has 140 valence electrons. The number of carbonyl (C=O) groups is 2. The van der Waals surface area contributed by atoms with Crippen molar-refractivity contribution in [1.29, 1.82) is 0 Å². The molecule has 26 heavy (non-hydrogen) atoms. The maximum absolute atomic E-state index is 13.1. The molecule has 3 rings (SSSR count). The highest BCUT2D eigenvalue weighted by Crippen LogP contribution is 2.41. The first-order valence-corrected chi connectivity index (χ1v) is 8.57. The fraction of sp³-hybridized carbons (Fsp3) is 0.588. The van der Waals surface area contributed by atoms with E-state index in [-0.39, 0.29) is 11.7 Å². The van der Waals surface area contributed by atoms with Gasteiger partial charge in [-0.3, -0.25) is 9.69 Å². The standard InChI is InChI=1S/C17H22N4O5/c1-16(2,3)26-15(23)20-9-4-7-17(20)8-10-19(14(17)22)12-5-6-13(18-11-12)21(24)25/h5-6,11H,4,7-10H2,1-3H3. The molecule has 1 aromatic heterocycles. The molecule has 0 aliphatic carbocycles. The first kappa shape index (κ1) is 18.1. The van der Waals surface area contributed by atoms with Crippen LogP contribution in [0.25, 0.3) is 0 Å². The zero-order valence-corrected chi connectivity index (χ0v) is 15.1. The second kappa shape index (κ2) is 6.22. The average Bonchev–Trinajstić information content (AvgIpc) is 3.12. The van der Waals surface area contributed by atoms with Gasteiger partial charge in [-0.15, -0.1) is 0 Å². The summed E-state index contributed by atoms with van der Waals surface area (Å²) in [6.07, 6.45) is 2.66. The summed E-state index contributed by atoms with van der Waals surface area (Å²) in [7, 11) is 0. The molecule has 2 aliphatic heterocycles. The predicted octanol–water partition coefficient (Wildman–Crippen LogP) is 2.50. The van der Waals surface area contributed by atoms with Gasteiger partial charge in [0.15, 0.2) is 6.20 Å². The van der Waals surface area contributed by atoms with E-state index in [2.05, 4.69) is 4.98 Å². The molecule has 2 saturated heterocycles. The van der Waals surface area contributed by atoms with Crippen LogP contribution in [0.5, 0.6) is 0 Å². The van der Waals surface area contributed by atoms with Crippen LogP contribution in [0.3, 0.4) is 0 Å². The third kappa shape index (κ3) is 3.09. The first-order valence-electron chi connectivity index (χ1n) is 8.57. The summed E-state index contributed by atoms with van der Waals surface area (Å²) >= 11 is 0. The number of hydrogen-bond donors (Lipinski definition) is 0. The molecule has 9 nitrogen and oxygen atoms in total. The molecule has 2 fully saturated rings. The number of carbonyl (C=O) groups excluding carboxylic acids is 2. The summed E-state index contributed by atoms with van der Waals surface area (Å²) in [4.78, 5) is 42.7. The SMILES string of the molecule is CC(C)(C)OC(=O)N1CCCC12CCN(c1ccc([N+](=O)[O-])nc1)C2=O. The maximum atomic E-state index is 13.1. The molecular weight excluding hydrogens is 340 g/mol. The van der Waals surface area contributed by atoms with E-state index in [1.165, 1.54) is 18.3 Å². The van der Waals surface area contributed by atoms with Crippen LogP contribution >= 0.6 is 0 Å². The van der Waals surface area contributed by atoms with Crippen molar-refractivity contribution < 1.29 is 19.2 Å². The van der Waals surface area contributed by atoms with Crippen molar-refractivity contribution in [3.8, 4) is 0 Å². The Kier molecular flexibility index (Phi) is 4.33. The molecule has 1 atom stereocenters. The van der Waals surface area contributed by atoms with E-state index in [0.717, 1.165) is 6.42 Å². The van der Waals surface area contributed by atoms with Gasteiger partial charge in [0.2, 0.25) is 0 Å². The lowest BCUT2D eigenvalue weighted by atomic mass is 9.94. The highest BCUT2D eigenvalue weighted by atomic mass is 16.6. The summed E-state index contributed by atoms with van der Waals surface area (Å²) in [5, 5.41) is 10.7. The number of likely N-dealkylation sites (tertiary alicyclic amines) is 1. The summed E-state index contributed by atoms with van der Waals surface area (Å²) in [5.74, 6) is -0.456. The van der Waals surface area contributed by atoms with Gasteiger partial charge >= 0.3 is 11.9 Å². The van der Waals surface area contributed by atoms with Gasteiger partial charge in [0.25, 0.3) is 5.91 Å². The topological polar surface area (TPSA) is 106 Å². The number of anilines is 1. The Morgan fingerprint density at radius 1 is 1.31 bits per heavy atom. The van der Waals surface area contributed by atoms with E-state index >= 15 is 0 Å². The molecule has 0 bridgehead atoms. The van der Waals surface area contributed by atoms with Gasteiger partial charge in [-0.1, -0.05) is 0 Å².